The second-order valence-electron chi connectivity index (χ2n) is 7.64. The minimum atomic E-state index is -0.324. The largest absolute Gasteiger partial charge is 0.464 e. The zero-order valence-electron chi connectivity index (χ0n) is 16.0. The summed E-state index contributed by atoms with van der Waals surface area (Å²) in [6, 6.07) is 19.3. The molecule has 29 heavy (non-hydrogen) atoms. The molecule has 0 fully saturated rings. The normalized spacial score (nSPS) is 21.0. The van der Waals surface area contributed by atoms with Crippen molar-refractivity contribution in [2.45, 2.75) is 31.7 Å². The maximum Gasteiger partial charge on any atom is 0.163 e. The molecular formula is C24H21ClN2O2. The lowest BCUT2D eigenvalue weighted by atomic mass is 9.79. The third kappa shape index (κ3) is 3.23. The van der Waals surface area contributed by atoms with E-state index in [1.54, 1.807) is 0 Å². The number of hydrogen-bond acceptors (Lipinski definition) is 4. The highest BCUT2D eigenvalue weighted by Gasteiger charge is 2.37. The van der Waals surface area contributed by atoms with Gasteiger partial charge in [-0.1, -0.05) is 41.9 Å². The van der Waals surface area contributed by atoms with Crippen LogP contribution in [-0.4, -0.2) is 5.78 Å². The van der Waals surface area contributed by atoms with Crippen LogP contribution in [-0.2, 0) is 4.79 Å². The lowest BCUT2D eigenvalue weighted by Gasteiger charge is -2.29. The van der Waals surface area contributed by atoms with Crippen molar-refractivity contribution in [3.63, 3.8) is 0 Å². The Bertz CT molecular complexity index is 1130. The van der Waals surface area contributed by atoms with Crippen molar-refractivity contribution in [3.05, 3.63) is 94.0 Å². The van der Waals surface area contributed by atoms with Crippen molar-refractivity contribution in [2.24, 2.45) is 0 Å². The van der Waals surface area contributed by atoms with Crippen LogP contribution in [0.25, 0.3) is 0 Å². The Kier molecular flexibility index (Phi) is 4.44. The molecule has 2 aliphatic rings. The molecule has 2 atom stereocenters. The van der Waals surface area contributed by atoms with Crippen LogP contribution in [0.5, 0.6) is 0 Å². The zero-order valence-corrected chi connectivity index (χ0v) is 16.8. The van der Waals surface area contributed by atoms with Crippen LogP contribution >= 0.6 is 11.6 Å². The molecule has 0 amide bonds. The van der Waals surface area contributed by atoms with E-state index in [9.17, 15) is 4.79 Å². The number of aryl methyl sites for hydroxylation is 1. The predicted molar refractivity (Wildman–Crippen MR) is 115 cm³/mol. The van der Waals surface area contributed by atoms with Gasteiger partial charge in [-0.25, -0.2) is 0 Å². The van der Waals surface area contributed by atoms with E-state index in [2.05, 4.69) is 10.6 Å². The van der Waals surface area contributed by atoms with Gasteiger partial charge in [0.1, 0.15) is 17.6 Å². The number of halogens is 1. The number of allylic oxidation sites excluding steroid dienone is 1. The number of ketones is 1. The molecule has 5 rings (SSSR count). The molecule has 0 spiro atoms. The molecule has 2 aromatic carbocycles. The summed E-state index contributed by atoms with van der Waals surface area (Å²) in [5.41, 5.74) is 4.61. The summed E-state index contributed by atoms with van der Waals surface area (Å²) in [6.45, 7) is 1.91. The first-order chi connectivity index (χ1) is 14.1. The SMILES string of the molecule is Cc1ccc([C@@H]2Nc3ccccc3NC3=C2C(=O)C[C@H](c2ccccc2Cl)C3)o1. The van der Waals surface area contributed by atoms with Crippen molar-refractivity contribution in [3.8, 4) is 0 Å². The number of hydrogen-bond donors (Lipinski definition) is 2. The maximum absolute atomic E-state index is 13.4. The van der Waals surface area contributed by atoms with Gasteiger partial charge >= 0.3 is 0 Å². The van der Waals surface area contributed by atoms with Crippen LogP contribution in [0.3, 0.4) is 0 Å². The number of rotatable bonds is 2. The molecule has 2 heterocycles. The lowest BCUT2D eigenvalue weighted by Crippen LogP contribution is -2.26. The van der Waals surface area contributed by atoms with Crippen molar-refractivity contribution in [1.82, 2.24) is 0 Å². The molecule has 3 aromatic rings. The number of Topliss-reactive ketones (excluding diaryl/α,β-unsaturated/α-hetero) is 1. The van der Waals surface area contributed by atoms with Gasteiger partial charge in [0, 0.05) is 22.7 Å². The van der Waals surface area contributed by atoms with E-state index in [0.29, 0.717) is 11.4 Å². The summed E-state index contributed by atoms with van der Waals surface area (Å²) in [4.78, 5) is 13.4. The Morgan fingerprint density at radius 2 is 1.72 bits per heavy atom. The van der Waals surface area contributed by atoms with Gasteiger partial charge in [0.15, 0.2) is 5.78 Å². The summed E-state index contributed by atoms with van der Waals surface area (Å²) in [7, 11) is 0. The Morgan fingerprint density at radius 3 is 2.48 bits per heavy atom. The Labute approximate surface area is 174 Å². The minimum Gasteiger partial charge on any atom is -0.464 e. The van der Waals surface area contributed by atoms with Crippen LogP contribution in [0.2, 0.25) is 5.02 Å². The summed E-state index contributed by atoms with van der Waals surface area (Å²) in [5, 5.41) is 7.76. The van der Waals surface area contributed by atoms with E-state index < -0.39 is 0 Å². The topological polar surface area (TPSA) is 54.3 Å². The number of furan rings is 1. The van der Waals surface area contributed by atoms with E-state index in [1.165, 1.54) is 0 Å². The van der Waals surface area contributed by atoms with Gasteiger partial charge in [-0.3, -0.25) is 4.79 Å². The van der Waals surface area contributed by atoms with E-state index in [0.717, 1.165) is 46.1 Å². The molecule has 1 aliphatic heterocycles. The fourth-order valence-corrected chi connectivity index (χ4v) is 4.63. The number of carbonyl (C=O) groups is 1. The van der Waals surface area contributed by atoms with E-state index in [1.807, 2.05) is 67.6 Å². The summed E-state index contributed by atoms with van der Waals surface area (Å²) in [5.74, 6) is 1.74. The van der Waals surface area contributed by atoms with Gasteiger partial charge in [-0.05, 0) is 55.2 Å². The van der Waals surface area contributed by atoms with Crippen LogP contribution in [0.4, 0.5) is 11.4 Å². The van der Waals surface area contributed by atoms with Crippen molar-refractivity contribution >= 4 is 28.8 Å². The van der Waals surface area contributed by atoms with Gasteiger partial charge in [0.25, 0.3) is 0 Å². The van der Waals surface area contributed by atoms with Crippen LogP contribution in [0, 0.1) is 6.92 Å². The highest BCUT2D eigenvalue weighted by molar-refractivity contribution is 6.31. The Balaban J connectivity index is 1.62. The fourth-order valence-electron chi connectivity index (χ4n) is 4.34. The first-order valence-electron chi connectivity index (χ1n) is 9.80. The molecule has 1 aromatic heterocycles. The van der Waals surface area contributed by atoms with Gasteiger partial charge in [0.2, 0.25) is 0 Å². The van der Waals surface area contributed by atoms with Gasteiger partial charge < -0.3 is 15.1 Å². The first-order valence-corrected chi connectivity index (χ1v) is 10.2. The summed E-state index contributed by atoms with van der Waals surface area (Å²) in [6.07, 6.45) is 1.15. The third-order valence-corrected chi connectivity index (χ3v) is 6.04. The molecule has 0 saturated carbocycles. The van der Waals surface area contributed by atoms with Crippen molar-refractivity contribution in [2.75, 3.05) is 10.6 Å². The molecule has 2 N–H and O–H groups in total. The number of nitrogens with one attached hydrogen (secondary N) is 2. The van der Waals surface area contributed by atoms with Crippen LogP contribution in [0.15, 0.2) is 76.4 Å². The monoisotopic (exact) mass is 404 g/mol. The minimum absolute atomic E-state index is 0.0479. The Hall–Kier alpha value is -2.98. The third-order valence-electron chi connectivity index (χ3n) is 5.70. The Morgan fingerprint density at radius 1 is 0.966 bits per heavy atom. The fraction of sp³-hybridized carbons (Fsp3) is 0.208. The van der Waals surface area contributed by atoms with Gasteiger partial charge in [-0.2, -0.15) is 0 Å². The second-order valence-corrected chi connectivity index (χ2v) is 8.05. The van der Waals surface area contributed by atoms with E-state index >= 15 is 0 Å². The highest BCUT2D eigenvalue weighted by atomic mass is 35.5. The average molecular weight is 405 g/mol. The molecule has 0 saturated heterocycles. The average Bonchev–Trinajstić information content (AvgIpc) is 3.06. The smallest absolute Gasteiger partial charge is 0.163 e. The molecule has 0 unspecified atom stereocenters. The first kappa shape index (κ1) is 18.1. The van der Waals surface area contributed by atoms with Crippen molar-refractivity contribution in [1.29, 1.82) is 0 Å². The highest BCUT2D eigenvalue weighted by Crippen LogP contribution is 2.45. The van der Waals surface area contributed by atoms with Crippen LogP contribution < -0.4 is 10.6 Å². The van der Waals surface area contributed by atoms with E-state index in [-0.39, 0.29) is 17.7 Å². The molecule has 5 heteroatoms. The predicted octanol–water partition coefficient (Wildman–Crippen LogP) is 6.22. The van der Waals surface area contributed by atoms with E-state index in [4.69, 9.17) is 16.0 Å². The molecule has 0 bridgehead atoms. The molecular weight excluding hydrogens is 384 g/mol. The van der Waals surface area contributed by atoms with Crippen LogP contribution in [0.1, 0.15) is 41.9 Å². The quantitative estimate of drug-likeness (QED) is 0.532. The number of carbonyl (C=O) groups excluding carboxylic acids is 1. The lowest BCUT2D eigenvalue weighted by molar-refractivity contribution is -0.116. The zero-order chi connectivity index (χ0) is 20.0. The molecule has 146 valence electrons. The molecule has 0 radical (unpaired) electrons. The van der Waals surface area contributed by atoms with Crippen molar-refractivity contribution < 1.29 is 9.21 Å². The molecule has 4 nitrogen and oxygen atoms in total. The standard InChI is InChI=1S/C24H21ClN2O2/c1-14-10-11-22(29-14)24-23-20(26-18-8-4-5-9-19(18)27-24)12-15(13-21(23)28)16-6-2-3-7-17(16)25/h2-11,15,24,26-27H,12-13H2,1H3/t15-,24+/m1/s1. The number of benzene rings is 2. The van der Waals surface area contributed by atoms with Gasteiger partial charge in [-0.15, -0.1) is 0 Å². The maximum atomic E-state index is 13.4. The summed E-state index contributed by atoms with van der Waals surface area (Å²) < 4.78 is 5.92. The second kappa shape index (κ2) is 7.12. The number of anilines is 2. The van der Waals surface area contributed by atoms with Gasteiger partial charge in [0.05, 0.1) is 11.4 Å². The number of fused-ring (bicyclic) bond motifs is 1. The summed E-state index contributed by atoms with van der Waals surface area (Å²) >= 11 is 6.45. The number of para-hydroxylation sites is 2. The molecule has 1 aliphatic carbocycles.